The molecule has 1 N–H and O–H groups in total. The van der Waals surface area contributed by atoms with Crippen molar-refractivity contribution < 1.29 is 13.9 Å². The summed E-state index contributed by atoms with van der Waals surface area (Å²) in [6.45, 7) is 3.85. The molecule has 3 aromatic rings. The Balaban J connectivity index is 1.55. The molecule has 0 radical (unpaired) electrons. The molecule has 0 bridgehead atoms. The Hall–Kier alpha value is -2.73. The van der Waals surface area contributed by atoms with E-state index in [1.807, 2.05) is 32.0 Å². The summed E-state index contributed by atoms with van der Waals surface area (Å²) in [6, 6.07) is 12.4. The van der Waals surface area contributed by atoms with Crippen molar-refractivity contribution in [1.82, 2.24) is 4.98 Å². The molecule has 1 heterocycles. The van der Waals surface area contributed by atoms with E-state index in [1.165, 1.54) is 17.4 Å². The smallest absolute Gasteiger partial charge is 0.264 e. The molecular weight excluding hydrogens is 351 g/mol. The normalized spacial score (nSPS) is 10.6. The van der Waals surface area contributed by atoms with Gasteiger partial charge in [-0.25, -0.2) is 9.37 Å². The van der Waals surface area contributed by atoms with Gasteiger partial charge in [0.05, 0.1) is 0 Å². The number of nitrogens with zero attached hydrogens (tertiary/aromatic N) is 1. The third-order valence-corrected chi connectivity index (χ3v) is 4.72. The zero-order valence-corrected chi connectivity index (χ0v) is 15.4. The number of carbonyl (C=O) groups is 1. The lowest BCUT2D eigenvalue weighted by Crippen LogP contribution is -2.20. The van der Waals surface area contributed by atoms with Crippen molar-refractivity contribution in [3.05, 3.63) is 76.0 Å². The van der Waals surface area contributed by atoms with Crippen LogP contribution in [0.25, 0.3) is 0 Å². The fraction of sp³-hybridized carbons (Fsp3) is 0.200. The zero-order chi connectivity index (χ0) is 18.5. The lowest BCUT2D eigenvalue weighted by molar-refractivity contribution is -0.118. The van der Waals surface area contributed by atoms with Crippen LogP contribution >= 0.6 is 11.3 Å². The first-order chi connectivity index (χ1) is 12.5. The van der Waals surface area contributed by atoms with Gasteiger partial charge in [-0.3, -0.25) is 10.1 Å². The maximum absolute atomic E-state index is 13.7. The van der Waals surface area contributed by atoms with Crippen molar-refractivity contribution in [2.24, 2.45) is 0 Å². The molecule has 0 unspecified atom stereocenters. The van der Waals surface area contributed by atoms with Crippen molar-refractivity contribution in [3.63, 3.8) is 0 Å². The average Bonchev–Trinajstić information content (AvgIpc) is 3.03. The van der Waals surface area contributed by atoms with Gasteiger partial charge in [-0.1, -0.05) is 35.9 Å². The molecule has 2 aromatic carbocycles. The van der Waals surface area contributed by atoms with Crippen LogP contribution < -0.4 is 10.1 Å². The molecule has 6 heteroatoms. The minimum atomic E-state index is -0.281. The van der Waals surface area contributed by atoms with E-state index < -0.39 is 0 Å². The first-order valence-electron chi connectivity index (χ1n) is 8.19. The molecule has 1 amide bonds. The highest BCUT2D eigenvalue weighted by atomic mass is 32.1. The second kappa shape index (κ2) is 8.10. The molecule has 134 valence electrons. The number of aromatic nitrogens is 1. The third-order valence-electron chi connectivity index (χ3n) is 3.81. The number of rotatable bonds is 6. The summed E-state index contributed by atoms with van der Waals surface area (Å²) >= 11 is 1.33. The topological polar surface area (TPSA) is 51.2 Å². The van der Waals surface area contributed by atoms with Crippen LogP contribution in [0.2, 0.25) is 0 Å². The standard InChI is InChI=1S/C20H19FN2O2S/c1-13-7-8-18(14(2)9-13)25-12-19(24)23-20-22-11-16(26-20)10-15-5-3-4-6-17(15)21/h3-9,11H,10,12H2,1-2H3,(H,22,23,24). The second-order valence-electron chi connectivity index (χ2n) is 6.01. The summed E-state index contributed by atoms with van der Waals surface area (Å²) in [6.07, 6.45) is 2.09. The Morgan fingerprint density at radius 3 is 2.81 bits per heavy atom. The fourth-order valence-electron chi connectivity index (χ4n) is 2.54. The number of carbonyl (C=O) groups excluding carboxylic acids is 1. The number of nitrogens with one attached hydrogen (secondary N) is 1. The Labute approximate surface area is 155 Å². The van der Waals surface area contributed by atoms with Gasteiger partial charge in [-0.05, 0) is 37.1 Å². The molecule has 0 aliphatic rings. The van der Waals surface area contributed by atoms with E-state index in [-0.39, 0.29) is 18.3 Å². The number of halogens is 1. The van der Waals surface area contributed by atoms with Crippen LogP contribution in [0.5, 0.6) is 5.75 Å². The highest BCUT2D eigenvalue weighted by Gasteiger charge is 2.10. The lowest BCUT2D eigenvalue weighted by atomic mass is 10.1. The van der Waals surface area contributed by atoms with E-state index in [2.05, 4.69) is 10.3 Å². The molecule has 3 rings (SSSR count). The van der Waals surface area contributed by atoms with Gasteiger partial charge in [0.2, 0.25) is 0 Å². The summed E-state index contributed by atoms with van der Waals surface area (Å²) < 4.78 is 19.3. The van der Waals surface area contributed by atoms with Crippen LogP contribution in [0.4, 0.5) is 9.52 Å². The van der Waals surface area contributed by atoms with E-state index in [1.54, 1.807) is 24.4 Å². The molecule has 0 aliphatic heterocycles. The SMILES string of the molecule is Cc1ccc(OCC(=O)Nc2ncc(Cc3ccccc3F)s2)c(C)c1. The van der Waals surface area contributed by atoms with Crippen molar-refractivity contribution >= 4 is 22.4 Å². The number of amides is 1. The highest BCUT2D eigenvalue weighted by molar-refractivity contribution is 7.15. The van der Waals surface area contributed by atoms with Gasteiger partial charge in [0.1, 0.15) is 11.6 Å². The maximum Gasteiger partial charge on any atom is 0.264 e. The van der Waals surface area contributed by atoms with E-state index in [0.29, 0.717) is 22.9 Å². The van der Waals surface area contributed by atoms with Crippen LogP contribution in [0.15, 0.2) is 48.7 Å². The van der Waals surface area contributed by atoms with Crippen LogP contribution in [-0.2, 0) is 11.2 Å². The minimum absolute atomic E-state index is 0.0911. The molecule has 0 spiro atoms. The van der Waals surface area contributed by atoms with Crippen molar-refractivity contribution in [1.29, 1.82) is 0 Å². The van der Waals surface area contributed by atoms with Crippen LogP contribution in [-0.4, -0.2) is 17.5 Å². The third kappa shape index (κ3) is 4.67. The van der Waals surface area contributed by atoms with Gasteiger partial charge >= 0.3 is 0 Å². The summed E-state index contributed by atoms with van der Waals surface area (Å²) in [7, 11) is 0. The summed E-state index contributed by atoms with van der Waals surface area (Å²) in [5.41, 5.74) is 2.73. The maximum atomic E-state index is 13.7. The minimum Gasteiger partial charge on any atom is -0.483 e. The van der Waals surface area contributed by atoms with Gasteiger partial charge < -0.3 is 4.74 Å². The van der Waals surface area contributed by atoms with Gasteiger partial charge in [0, 0.05) is 17.5 Å². The van der Waals surface area contributed by atoms with Crippen molar-refractivity contribution in [2.75, 3.05) is 11.9 Å². The van der Waals surface area contributed by atoms with Crippen LogP contribution in [0.3, 0.4) is 0 Å². The van der Waals surface area contributed by atoms with E-state index in [4.69, 9.17) is 4.74 Å². The molecule has 0 fully saturated rings. The van der Waals surface area contributed by atoms with Gasteiger partial charge in [-0.2, -0.15) is 0 Å². The van der Waals surface area contributed by atoms with Gasteiger partial charge in [-0.15, -0.1) is 11.3 Å². The summed E-state index contributed by atoms with van der Waals surface area (Å²) in [4.78, 5) is 17.1. The largest absolute Gasteiger partial charge is 0.483 e. The highest BCUT2D eigenvalue weighted by Crippen LogP contribution is 2.23. The molecule has 1 aromatic heterocycles. The number of hydrogen-bond donors (Lipinski definition) is 1. The molecule has 4 nitrogen and oxygen atoms in total. The quantitative estimate of drug-likeness (QED) is 0.695. The Morgan fingerprint density at radius 2 is 2.04 bits per heavy atom. The van der Waals surface area contributed by atoms with Crippen LogP contribution in [0, 0.1) is 19.7 Å². The van der Waals surface area contributed by atoms with Gasteiger partial charge in [0.25, 0.3) is 5.91 Å². The Bertz CT molecular complexity index is 924. The number of aryl methyl sites for hydroxylation is 2. The molecule has 0 atom stereocenters. The number of benzene rings is 2. The Morgan fingerprint density at radius 1 is 1.23 bits per heavy atom. The monoisotopic (exact) mass is 370 g/mol. The molecule has 0 saturated carbocycles. The number of thiazole rings is 1. The first kappa shape index (κ1) is 18.1. The molecule has 0 saturated heterocycles. The number of ether oxygens (including phenoxy) is 1. The molecule has 26 heavy (non-hydrogen) atoms. The molecule has 0 aliphatic carbocycles. The molecular formula is C20H19FN2O2S. The second-order valence-corrected chi connectivity index (χ2v) is 7.12. The zero-order valence-electron chi connectivity index (χ0n) is 14.6. The predicted octanol–water partition coefficient (Wildman–Crippen LogP) is 4.51. The van der Waals surface area contributed by atoms with E-state index >= 15 is 0 Å². The predicted molar refractivity (Wildman–Crippen MR) is 101 cm³/mol. The van der Waals surface area contributed by atoms with Crippen molar-refractivity contribution in [3.8, 4) is 5.75 Å². The lowest BCUT2D eigenvalue weighted by Gasteiger charge is -2.09. The number of hydrogen-bond acceptors (Lipinski definition) is 4. The number of anilines is 1. The first-order valence-corrected chi connectivity index (χ1v) is 9.01. The summed E-state index contributed by atoms with van der Waals surface area (Å²) in [5, 5.41) is 3.19. The van der Waals surface area contributed by atoms with Crippen molar-refractivity contribution in [2.45, 2.75) is 20.3 Å². The Kier molecular flexibility index (Phi) is 5.63. The van der Waals surface area contributed by atoms with Crippen LogP contribution in [0.1, 0.15) is 21.6 Å². The van der Waals surface area contributed by atoms with E-state index in [0.717, 1.165) is 16.0 Å². The van der Waals surface area contributed by atoms with Gasteiger partial charge in [0.15, 0.2) is 11.7 Å². The average molecular weight is 370 g/mol. The fourth-order valence-corrected chi connectivity index (χ4v) is 3.39. The van der Waals surface area contributed by atoms with E-state index in [9.17, 15) is 9.18 Å². The summed E-state index contributed by atoms with van der Waals surface area (Å²) in [5.74, 6) is 0.162.